The lowest BCUT2D eigenvalue weighted by molar-refractivity contribution is 0.334. The van der Waals surface area contributed by atoms with Crippen LogP contribution in [-0.4, -0.2) is 6.04 Å². The Kier molecular flexibility index (Phi) is 2.94. The normalized spacial score (nSPS) is 23.7. The highest BCUT2D eigenvalue weighted by Gasteiger charge is 2.26. The molecule has 0 aliphatic heterocycles. The molecule has 0 aromatic heterocycles. The fraction of sp³-hybridized carbons (Fsp3) is 1.00. The van der Waals surface area contributed by atoms with Crippen LogP contribution in [0.1, 0.15) is 40.0 Å². The number of hydrogen-bond donors (Lipinski definition) is 1. The summed E-state index contributed by atoms with van der Waals surface area (Å²) < 4.78 is 0. The SMILES string of the molecule is CC(C)C(N)C(C)CC1CC1. The molecule has 2 atom stereocenters. The molecule has 0 heterocycles. The molecule has 0 aromatic carbocycles. The number of nitrogens with two attached hydrogens (primary N) is 1. The van der Waals surface area contributed by atoms with Crippen LogP contribution in [0.2, 0.25) is 0 Å². The molecule has 2 unspecified atom stereocenters. The first-order chi connectivity index (χ1) is 5.11. The molecule has 1 nitrogen and oxygen atoms in total. The van der Waals surface area contributed by atoms with Crippen molar-refractivity contribution in [3.63, 3.8) is 0 Å². The number of hydrogen-bond acceptors (Lipinski definition) is 1. The first-order valence-corrected chi connectivity index (χ1v) is 4.87. The maximum Gasteiger partial charge on any atom is 0.00878 e. The summed E-state index contributed by atoms with van der Waals surface area (Å²) in [6.07, 6.45) is 4.27. The van der Waals surface area contributed by atoms with E-state index in [2.05, 4.69) is 20.8 Å². The molecule has 0 saturated heterocycles. The van der Waals surface area contributed by atoms with E-state index in [0.29, 0.717) is 12.0 Å². The molecule has 1 heteroatoms. The van der Waals surface area contributed by atoms with Crippen molar-refractivity contribution in [3.8, 4) is 0 Å². The van der Waals surface area contributed by atoms with Crippen molar-refractivity contribution in [2.75, 3.05) is 0 Å². The summed E-state index contributed by atoms with van der Waals surface area (Å²) >= 11 is 0. The summed E-state index contributed by atoms with van der Waals surface area (Å²) in [7, 11) is 0. The monoisotopic (exact) mass is 155 g/mol. The van der Waals surface area contributed by atoms with Gasteiger partial charge in [-0.2, -0.15) is 0 Å². The standard InChI is InChI=1S/C10H21N/c1-7(2)10(11)8(3)6-9-4-5-9/h7-10H,4-6,11H2,1-3H3. The zero-order valence-corrected chi connectivity index (χ0v) is 8.01. The summed E-state index contributed by atoms with van der Waals surface area (Å²) in [5, 5.41) is 0. The second-order valence-corrected chi connectivity index (χ2v) is 4.48. The van der Waals surface area contributed by atoms with Crippen molar-refractivity contribution < 1.29 is 0 Å². The highest BCUT2D eigenvalue weighted by molar-refractivity contribution is 4.80. The molecule has 1 rings (SSSR count). The van der Waals surface area contributed by atoms with Gasteiger partial charge in [-0.15, -0.1) is 0 Å². The maximum absolute atomic E-state index is 6.04. The van der Waals surface area contributed by atoms with Crippen molar-refractivity contribution >= 4 is 0 Å². The Hall–Kier alpha value is -0.0400. The van der Waals surface area contributed by atoms with Gasteiger partial charge in [0.15, 0.2) is 0 Å². The molecule has 1 fully saturated rings. The first-order valence-electron chi connectivity index (χ1n) is 4.87. The van der Waals surface area contributed by atoms with Crippen LogP contribution in [0.4, 0.5) is 0 Å². The fourth-order valence-electron chi connectivity index (χ4n) is 1.69. The van der Waals surface area contributed by atoms with Crippen LogP contribution in [0.3, 0.4) is 0 Å². The average Bonchev–Trinajstić information content (AvgIpc) is 2.69. The van der Waals surface area contributed by atoms with E-state index in [0.717, 1.165) is 11.8 Å². The van der Waals surface area contributed by atoms with Gasteiger partial charge in [0.05, 0.1) is 0 Å². The van der Waals surface area contributed by atoms with Gasteiger partial charge in [-0.05, 0) is 24.2 Å². The first kappa shape index (κ1) is 9.05. The molecule has 0 amide bonds. The summed E-state index contributed by atoms with van der Waals surface area (Å²) in [5.74, 6) is 2.39. The molecule has 1 saturated carbocycles. The molecule has 2 N–H and O–H groups in total. The van der Waals surface area contributed by atoms with E-state index < -0.39 is 0 Å². The second kappa shape index (κ2) is 3.57. The molecule has 0 spiro atoms. The third-order valence-corrected chi connectivity index (χ3v) is 2.83. The Morgan fingerprint density at radius 2 is 1.82 bits per heavy atom. The minimum absolute atomic E-state index is 0.413. The van der Waals surface area contributed by atoms with Gasteiger partial charge >= 0.3 is 0 Å². The molecular formula is C10H21N. The van der Waals surface area contributed by atoms with Crippen molar-refractivity contribution in [2.24, 2.45) is 23.5 Å². The molecule has 1 aliphatic carbocycles. The quantitative estimate of drug-likeness (QED) is 0.663. The summed E-state index contributed by atoms with van der Waals surface area (Å²) in [6, 6.07) is 0.413. The van der Waals surface area contributed by atoms with E-state index in [1.54, 1.807) is 0 Å². The van der Waals surface area contributed by atoms with Crippen molar-refractivity contribution in [2.45, 2.75) is 46.1 Å². The van der Waals surface area contributed by atoms with Crippen LogP contribution in [0.25, 0.3) is 0 Å². The van der Waals surface area contributed by atoms with Gasteiger partial charge in [0.1, 0.15) is 0 Å². The van der Waals surface area contributed by atoms with Crippen LogP contribution in [0.15, 0.2) is 0 Å². The molecule has 66 valence electrons. The zero-order valence-electron chi connectivity index (χ0n) is 8.01. The Balaban J connectivity index is 2.20. The topological polar surface area (TPSA) is 26.0 Å². The van der Waals surface area contributed by atoms with E-state index in [4.69, 9.17) is 5.73 Å². The summed E-state index contributed by atoms with van der Waals surface area (Å²) in [5.41, 5.74) is 6.04. The highest BCUT2D eigenvalue weighted by Crippen LogP contribution is 2.36. The Labute approximate surface area is 70.4 Å². The van der Waals surface area contributed by atoms with Gasteiger partial charge in [-0.25, -0.2) is 0 Å². The third-order valence-electron chi connectivity index (χ3n) is 2.83. The Bertz CT molecular complexity index is 116. The van der Waals surface area contributed by atoms with Gasteiger partial charge < -0.3 is 5.73 Å². The second-order valence-electron chi connectivity index (χ2n) is 4.48. The summed E-state index contributed by atoms with van der Waals surface area (Å²) in [4.78, 5) is 0. The van der Waals surface area contributed by atoms with Gasteiger partial charge in [0.2, 0.25) is 0 Å². The average molecular weight is 155 g/mol. The van der Waals surface area contributed by atoms with Crippen molar-refractivity contribution in [1.29, 1.82) is 0 Å². The van der Waals surface area contributed by atoms with E-state index in [-0.39, 0.29) is 0 Å². The van der Waals surface area contributed by atoms with E-state index in [1.165, 1.54) is 19.3 Å². The van der Waals surface area contributed by atoms with Crippen molar-refractivity contribution in [3.05, 3.63) is 0 Å². The predicted molar refractivity (Wildman–Crippen MR) is 49.3 cm³/mol. The lowest BCUT2D eigenvalue weighted by atomic mass is 9.89. The molecular weight excluding hydrogens is 134 g/mol. The molecule has 0 radical (unpaired) electrons. The largest absolute Gasteiger partial charge is 0.327 e. The molecule has 0 aromatic rings. The Morgan fingerprint density at radius 1 is 1.27 bits per heavy atom. The van der Waals surface area contributed by atoms with Gasteiger partial charge in [-0.3, -0.25) is 0 Å². The van der Waals surface area contributed by atoms with Crippen LogP contribution in [0, 0.1) is 17.8 Å². The minimum Gasteiger partial charge on any atom is -0.327 e. The summed E-state index contributed by atoms with van der Waals surface area (Å²) in [6.45, 7) is 6.73. The lowest BCUT2D eigenvalue weighted by Gasteiger charge is -2.23. The van der Waals surface area contributed by atoms with Crippen LogP contribution < -0.4 is 5.73 Å². The smallest absolute Gasteiger partial charge is 0.00878 e. The van der Waals surface area contributed by atoms with Crippen LogP contribution in [0.5, 0.6) is 0 Å². The Morgan fingerprint density at radius 3 is 2.18 bits per heavy atom. The minimum atomic E-state index is 0.413. The van der Waals surface area contributed by atoms with E-state index >= 15 is 0 Å². The third kappa shape index (κ3) is 2.82. The molecule has 11 heavy (non-hydrogen) atoms. The molecule has 0 bridgehead atoms. The highest BCUT2D eigenvalue weighted by atomic mass is 14.7. The zero-order chi connectivity index (χ0) is 8.43. The van der Waals surface area contributed by atoms with Gasteiger partial charge in [-0.1, -0.05) is 33.6 Å². The number of rotatable bonds is 4. The van der Waals surface area contributed by atoms with Gasteiger partial charge in [0, 0.05) is 6.04 Å². The maximum atomic E-state index is 6.04. The lowest BCUT2D eigenvalue weighted by Crippen LogP contribution is -2.33. The fourth-order valence-corrected chi connectivity index (χ4v) is 1.69. The predicted octanol–water partition coefficient (Wildman–Crippen LogP) is 2.41. The van der Waals surface area contributed by atoms with Gasteiger partial charge in [0.25, 0.3) is 0 Å². The van der Waals surface area contributed by atoms with Crippen molar-refractivity contribution in [1.82, 2.24) is 0 Å². The van der Waals surface area contributed by atoms with Crippen LogP contribution >= 0.6 is 0 Å². The van der Waals surface area contributed by atoms with Crippen LogP contribution in [-0.2, 0) is 0 Å². The van der Waals surface area contributed by atoms with E-state index in [1.807, 2.05) is 0 Å². The van der Waals surface area contributed by atoms with E-state index in [9.17, 15) is 0 Å². The molecule has 1 aliphatic rings.